The number of ether oxygens (including phenoxy) is 1. The van der Waals surface area contributed by atoms with Crippen molar-refractivity contribution in [3.05, 3.63) is 76.6 Å². The van der Waals surface area contributed by atoms with Crippen molar-refractivity contribution in [1.82, 2.24) is 9.78 Å². The van der Waals surface area contributed by atoms with E-state index in [4.69, 9.17) is 10.5 Å². The number of aryl methyl sites for hydroxylation is 1. The van der Waals surface area contributed by atoms with Gasteiger partial charge < -0.3 is 15.8 Å². The Balaban J connectivity index is 1.61. The summed E-state index contributed by atoms with van der Waals surface area (Å²) in [5.41, 5.74) is 7.15. The lowest BCUT2D eigenvalue weighted by molar-refractivity contribution is -0.143. The number of nitrogens with two attached hydrogens (primary N) is 1. The van der Waals surface area contributed by atoms with Gasteiger partial charge in [-0.3, -0.25) is 4.79 Å². The third-order valence-corrected chi connectivity index (χ3v) is 5.85. The van der Waals surface area contributed by atoms with Crippen molar-refractivity contribution in [2.75, 3.05) is 11.9 Å². The highest BCUT2D eigenvalue weighted by atomic mass is 19.4. The van der Waals surface area contributed by atoms with Crippen LogP contribution in [-0.4, -0.2) is 34.3 Å². The summed E-state index contributed by atoms with van der Waals surface area (Å²) in [5, 5.41) is 6.50. The van der Waals surface area contributed by atoms with Crippen molar-refractivity contribution in [3.63, 3.8) is 0 Å². The van der Waals surface area contributed by atoms with Gasteiger partial charge in [0.25, 0.3) is 5.91 Å². The molecule has 2 aromatic carbocycles. The fraction of sp³-hybridized carbons (Fsp3) is 0.320. The van der Waals surface area contributed by atoms with Crippen LogP contribution in [0, 0.1) is 0 Å². The van der Waals surface area contributed by atoms with Gasteiger partial charge in [0.2, 0.25) is 0 Å². The standard InChI is InChI=1S/C25H25F3N4O3/c1-2-35-24(34)21-14-30-32(22(21)25(26,27)28)20-8-4-7-19(13-20)31-23(33)16-10-9-15-5-3-6-18(29)12-17(15)11-16/h4,7-11,13-14,18H,2-3,5-6,12,29H2,1H3,(H,31,33). The molecule has 0 saturated carbocycles. The van der Waals surface area contributed by atoms with E-state index in [0.29, 0.717) is 16.7 Å². The van der Waals surface area contributed by atoms with Crippen LogP contribution in [0.1, 0.15) is 57.3 Å². The minimum Gasteiger partial charge on any atom is -0.462 e. The van der Waals surface area contributed by atoms with Gasteiger partial charge in [0, 0.05) is 17.3 Å². The molecule has 10 heteroatoms. The molecule has 0 bridgehead atoms. The Morgan fingerprint density at radius 3 is 2.74 bits per heavy atom. The van der Waals surface area contributed by atoms with Gasteiger partial charge in [-0.15, -0.1) is 0 Å². The highest BCUT2D eigenvalue weighted by Crippen LogP contribution is 2.34. The second-order valence-electron chi connectivity index (χ2n) is 8.38. The van der Waals surface area contributed by atoms with E-state index in [1.165, 1.54) is 30.7 Å². The van der Waals surface area contributed by atoms with Crippen LogP contribution in [0.15, 0.2) is 48.7 Å². The number of hydrogen-bond donors (Lipinski definition) is 2. The van der Waals surface area contributed by atoms with Gasteiger partial charge in [-0.2, -0.15) is 18.3 Å². The molecule has 0 spiro atoms. The molecule has 184 valence electrons. The quantitative estimate of drug-likeness (QED) is 0.408. The number of halogens is 3. The summed E-state index contributed by atoms with van der Waals surface area (Å²) in [5.74, 6) is -1.51. The Labute approximate surface area is 200 Å². The number of alkyl halides is 3. The van der Waals surface area contributed by atoms with Crippen molar-refractivity contribution in [3.8, 4) is 5.69 Å². The van der Waals surface area contributed by atoms with Gasteiger partial charge in [-0.25, -0.2) is 9.48 Å². The van der Waals surface area contributed by atoms with E-state index in [9.17, 15) is 22.8 Å². The number of carbonyl (C=O) groups excluding carboxylic acids is 2. The van der Waals surface area contributed by atoms with Crippen LogP contribution < -0.4 is 11.1 Å². The number of carbonyl (C=O) groups is 2. The number of benzene rings is 2. The lowest BCUT2D eigenvalue weighted by Crippen LogP contribution is -2.21. The van der Waals surface area contributed by atoms with Crippen LogP contribution >= 0.6 is 0 Å². The lowest BCUT2D eigenvalue weighted by atomic mass is 9.99. The normalized spacial score (nSPS) is 15.7. The van der Waals surface area contributed by atoms with E-state index < -0.39 is 29.3 Å². The van der Waals surface area contributed by atoms with Crippen LogP contribution in [0.3, 0.4) is 0 Å². The fourth-order valence-corrected chi connectivity index (χ4v) is 4.23. The van der Waals surface area contributed by atoms with E-state index in [2.05, 4.69) is 10.4 Å². The zero-order valence-corrected chi connectivity index (χ0v) is 19.1. The Morgan fingerprint density at radius 2 is 2.00 bits per heavy atom. The molecule has 0 fully saturated rings. The van der Waals surface area contributed by atoms with Gasteiger partial charge >= 0.3 is 12.1 Å². The third-order valence-electron chi connectivity index (χ3n) is 5.85. The van der Waals surface area contributed by atoms with Gasteiger partial charge in [0.05, 0.1) is 18.5 Å². The summed E-state index contributed by atoms with van der Waals surface area (Å²) in [6.45, 7) is 1.43. The largest absolute Gasteiger partial charge is 0.462 e. The molecule has 0 aliphatic heterocycles. The summed E-state index contributed by atoms with van der Waals surface area (Å²) in [7, 11) is 0. The molecular formula is C25H25F3N4O3. The van der Waals surface area contributed by atoms with Gasteiger partial charge in [-0.1, -0.05) is 12.1 Å². The summed E-state index contributed by atoms with van der Waals surface area (Å²) >= 11 is 0. The molecule has 1 amide bonds. The molecule has 35 heavy (non-hydrogen) atoms. The Morgan fingerprint density at radius 1 is 1.20 bits per heavy atom. The molecule has 4 rings (SSSR count). The van der Waals surface area contributed by atoms with Crippen LogP contribution in [0.2, 0.25) is 0 Å². The molecule has 3 N–H and O–H groups in total. The molecule has 1 aliphatic rings. The van der Waals surface area contributed by atoms with E-state index in [-0.39, 0.29) is 24.0 Å². The predicted molar refractivity (Wildman–Crippen MR) is 124 cm³/mol. The third kappa shape index (κ3) is 5.37. The van der Waals surface area contributed by atoms with Gasteiger partial charge in [0.1, 0.15) is 5.56 Å². The number of rotatable bonds is 5. The smallest absolute Gasteiger partial charge is 0.434 e. The molecule has 0 radical (unpaired) electrons. The molecule has 1 heterocycles. The molecule has 3 aromatic rings. The first kappa shape index (κ1) is 24.5. The Bertz CT molecular complexity index is 1250. The monoisotopic (exact) mass is 486 g/mol. The van der Waals surface area contributed by atoms with Crippen molar-refractivity contribution in [2.45, 2.75) is 44.8 Å². The van der Waals surface area contributed by atoms with Gasteiger partial charge in [-0.05, 0) is 74.1 Å². The Hall–Kier alpha value is -3.66. The number of hydrogen-bond acceptors (Lipinski definition) is 5. The SMILES string of the molecule is CCOC(=O)c1cnn(-c2cccc(NC(=O)c3ccc4c(c3)CC(N)CCC4)c2)c1C(F)(F)F. The number of aromatic nitrogens is 2. The van der Waals surface area contributed by atoms with Crippen molar-refractivity contribution in [2.24, 2.45) is 5.73 Å². The number of amides is 1. The number of esters is 1. The summed E-state index contributed by atoms with van der Waals surface area (Å²) < 4.78 is 46.8. The highest BCUT2D eigenvalue weighted by Gasteiger charge is 2.41. The molecule has 1 aliphatic carbocycles. The number of nitrogens with one attached hydrogen (secondary N) is 1. The maximum atomic E-state index is 13.8. The van der Waals surface area contributed by atoms with E-state index in [1.54, 1.807) is 12.1 Å². The maximum absolute atomic E-state index is 13.8. The molecule has 1 atom stereocenters. The number of fused-ring (bicyclic) bond motifs is 1. The lowest BCUT2D eigenvalue weighted by Gasteiger charge is -2.14. The topological polar surface area (TPSA) is 99.2 Å². The minimum atomic E-state index is -4.86. The maximum Gasteiger partial charge on any atom is 0.434 e. The molecule has 0 saturated heterocycles. The van der Waals surface area contributed by atoms with E-state index in [0.717, 1.165) is 31.0 Å². The summed E-state index contributed by atoms with van der Waals surface area (Å²) in [6, 6.07) is 11.3. The first-order valence-electron chi connectivity index (χ1n) is 11.3. The minimum absolute atomic E-state index is 0.0265. The first-order valence-corrected chi connectivity index (χ1v) is 11.3. The van der Waals surface area contributed by atoms with E-state index in [1.807, 2.05) is 12.1 Å². The van der Waals surface area contributed by atoms with Crippen molar-refractivity contribution < 1.29 is 27.5 Å². The van der Waals surface area contributed by atoms with Crippen molar-refractivity contribution in [1.29, 1.82) is 0 Å². The predicted octanol–water partition coefficient (Wildman–Crippen LogP) is 4.53. The Kier molecular flexibility index (Phi) is 6.93. The first-order chi connectivity index (χ1) is 16.7. The number of anilines is 1. The van der Waals surface area contributed by atoms with E-state index >= 15 is 0 Å². The van der Waals surface area contributed by atoms with Crippen molar-refractivity contribution >= 4 is 17.6 Å². The molecule has 7 nitrogen and oxygen atoms in total. The number of nitrogens with zero attached hydrogens (tertiary/aromatic N) is 2. The zero-order valence-electron chi connectivity index (χ0n) is 19.1. The molecular weight excluding hydrogens is 461 g/mol. The van der Waals surface area contributed by atoms with Crippen LogP contribution in [0.5, 0.6) is 0 Å². The average Bonchev–Trinajstić information content (AvgIpc) is 3.18. The zero-order chi connectivity index (χ0) is 25.2. The average molecular weight is 486 g/mol. The summed E-state index contributed by atoms with van der Waals surface area (Å²) in [6.07, 6.45) is -0.514. The van der Waals surface area contributed by atoms with Crippen LogP contribution in [-0.2, 0) is 23.8 Å². The van der Waals surface area contributed by atoms with Crippen LogP contribution in [0.4, 0.5) is 18.9 Å². The molecule has 1 unspecified atom stereocenters. The van der Waals surface area contributed by atoms with Crippen LogP contribution in [0.25, 0.3) is 5.69 Å². The van der Waals surface area contributed by atoms with Gasteiger partial charge in [0.15, 0.2) is 5.69 Å². The highest BCUT2D eigenvalue weighted by molar-refractivity contribution is 6.04. The summed E-state index contributed by atoms with van der Waals surface area (Å²) in [4.78, 5) is 24.9. The second kappa shape index (κ2) is 9.91. The fourth-order valence-electron chi connectivity index (χ4n) is 4.23. The second-order valence-corrected chi connectivity index (χ2v) is 8.38. The molecule has 1 aromatic heterocycles.